The molecule has 0 spiro atoms. The number of hydrogen-bond acceptors (Lipinski definition) is 2. The van der Waals surface area contributed by atoms with E-state index in [4.69, 9.17) is 0 Å². The first kappa shape index (κ1) is 18.9. The predicted molar refractivity (Wildman–Crippen MR) is 119 cm³/mol. The van der Waals surface area contributed by atoms with Gasteiger partial charge in [0.2, 0.25) is 0 Å². The molecule has 0 amide bonds. The minimum Gasteiger partial charge on any atom is -0.354 e. The van der Waals surface area contributed by atoms with E-state index in [1.807, 2.05) is 31.2 Å². The van der Waals surface area contributed by atoms with Gasteiger partial charge in [-0.15, -0.1) is 0 Å². The SMILES string of the molecule is CC1c2cc(-c3cc(-c4ccncc4)c(-c4ccc(F)cc4)[nH]3)ccc2S(=O)C1C. The first-order chi connectivity index (χ1) is 14.5. The highest BCUT2D eigenvalue weighted by Crippen LogP contribution is 2.41. The molecule has 2 aromatic heterocycles. The van der Waals surface area contributed by atoms with Crippen LogP contribution >= 0.6 is 0 Å². The number of pyridine rings is 1. The van der Waals surface area contributed by atoms with Crippen LogP contribution in [0.4, 0.5) is 4.39 Å². The van der Waals surface area contributed by atoms with Crippen LogP contribution in [-0.4, -0.2) is 19.4 Å². The van der Waals surface area contributed by atoms with Gasteiger partial charge in [-0.3, -0.25) is 9.19 Å². The largest absolute Gasteiger partial charge is 0.354 e. The summed E-state index contributed by atoms with van der Waals surface area (Å²) in [7, 11) is -0.951. The third-order valence-corrected chi connectivity index (χ3v) is 7.90. The third-order valence-electron chi connectivity index (χ3n) is 6.01. The Hall–Kier alpha value is -3.05. The van der Waals surface area contributed by atoms with Crippen molar-refractivity contribution in [1.29, 1.82) is 0 Å². The third kappa shape index (κ3) is 3.10. The molecule has 1 aliphatic heterocycles. The van der Waals surface area contributed by atoms with E-state index in [-0.39, 0.29) is 17.0 Å². The fraction of sp³-hybridized carbons (Fsp3) is 0.160. The van der Waals surface area contributed by atoms with Crippen molar-refractivity contribution in [1.82, 2.24) is 9.97 Å². The number of hydrogen-bond donors (Lipinski definition) is 1. The zero-order valence-electron chi connectivity index (χ0n) is 16.7. The van der Waals surface area contributed by atoms with Gasteiger partial charge in [0.25, 0.3) is 0 Å². The van der Waals surface area contributed by atoms with Crippen molar-refractivity contribution in [3.63, 3.8) is 0 Å². The van der Waals surface area contributed by atoms with Crippen molar-refractivity contribution in [2.24, 2.45) is 0 Å². The Balaban J connectivity index is 1.66. The zero-order valence-corrected chi connectivity index (χ0v) is 17.5. The van der Waals surface area contributed by atoms with Crippen molar-refractivity contribution in [3.8, 4) is 33.6 Å². The monoisotopic (exact) mass is 416 g/mol. The van der Waals surface area contributed by atoms with Gasteiger partial charge in [0, 0.05) is 33.8 Å². The minimum atomic E-state index is -0.951. The quantitative estimate of drug-likeness (QED) is 0.434. The second-order valence-electron chi connectivity index (χ2n) is 7.76. The molecular weight excluding hydrogens is 395 g/mol. The van der Waals surface area contributed by atoms with Crippen molar-refractivity contribution in [3.05, 3.63) is 84.4 Å². The van der Waals surface area contributed by atoms with E-state index in [0.717, 1.165) is 44.1 Å². The molecule has 2 aromatic carbocycles. The Morgan fingerprint density at radius 1 is 0.900 bits per heavy atom. The lowest BCUT2D eigenvalue weighted by Gasteiger charge is -2.08. The summed E-state index contributed by atoms with van der Waals surface area (Å²) in [6.07, 6.45) is 3.54. The van der Waals surface area contributed by atoms with E-state index >= 15 is 0 Å². The van der Waals surface area contributed by atoms with Crippen LogP contribution in [-0.2, 0) is 10.8 Å². The number of fused-ring (bicyclic) bond motifs is 1. The summed E-state index contributed by atoms with van der Waals surface area (Å²) in [6, 6.07) is 18.7. The van der Waals surface area contributed by atoms with Gasteiger partial charge in [-0.1, -0.05) is 13.0 Å². The Morgan fingerprint density at radius 2 is 1.60 bits per heavy atom. The van der Waals surface area contributed by atoms with E-state index in [1.54, 1.807) is 24.5 Å². The molecule has 0 bridgehead atoms. The van der Waals surface area contributed by atoms with Gasteiger partial charge >= 0.3 is 0 Å². The molecule has 150 valence electrons. The first-order valence-corrected chi connectivity index (χ1v) is 11.2. The highest BCUT2D eigenvalue weighted by atomic mass is 32.2. The highest BCUT2D eigenvalue weighted by molar-refractivity contribution is 7.86. The summed E-state index contributed by atoms with van der Waals surface area (Å²) in [6.45, 7) is 4.18. The molecule has 3 nitrogen and oxygen atoms in total. The average Bonchev–Trinajstić information content (AvgIpc) is 3.31. The van der Waals surface area contributed by atoms with Crippen molar-refractivity contribution in [2.45, 2.75) is 29.9 Å². The van der Waals surface area contributed by atoms with Gasteiger partial charge in [-0.05, 0) is 89.7 Å². The van der Waals surface area contributed by atoms with E-state index < -0.39 is 10.8 Å². The molecule has 0 aliphatic carbocycles. The zero-order chi connectivity index (χ0) is 20.8. The summed E-state index contributed by atoms with van der Waals surface area (Å²) < 4.78 is 26.1. The number of aromatic amines is 1. The second kappa shape index (κ2) is 7.33. The van der Waals surface area contributed by atoms with Crippen LogP contribution in [0.15, 0.2) is 78.0 Å². The number of benzene rings is 2. The van der Waals surface area contributed by atoms with Crippen molar-refractivity contribution in [2.75, 3.05) is 0 Å². The standard InChI is InChI=1S/C25H21FN2OS/c1-15-16(2)30(29)24-8-5-19(13-21(15)24)23-14-22(17-9-11-27-12-10-17)25(28-23)18-3-6-20(26)7-4-18/h3-16,28H,1-2H3. The van der Waals surface area contributed by atoms with Gasteiger partial charge in [0.1, 0.15) is 5.82 Å². The number of nitrogens with zero attached hydrogens (tertiary/aromatic N) is 1. The van der Waals surface area contributed by atoms with Crippen LogP contribution in [0.5, 0.6) is 0 Å². The number of H-pyrrole nitrogens is 1. The maximum Gasteiger partial charge on any atom is 0.123 e. The summed E-state index contributed by atoms with van der Waals surface area (Å²) in [5.74, 6) is -0.00213. The van der Waals surface area contributed by atoms with Gasteiger partial charge in [-0.25, -0.2) is 4.39 Å². The second-order valence-corrected chi connectivity index (χ2v) is 9.54. The maximum atomic E-state index is 13.5. The molecule has 4 aromatic rings. The molecule has 0 fully saturated rings. The molecule has 3 unspecified atom stereocenters. The Morgan fingerprint density at radius 3 is 2.33 bits per heavy atom. The predicted octanol–water partition coefficient (Wildman–Crippen LogP) is 6.16. The maximum absolute atomic E-state index is 13.5. The summed E-state index contributed by atoms with van der Waals surface area (Å²) in [4.78, 5) is 8.61. The Kier molecular flexibility index (Phi) is 4.63. The Bertz CT molecular complexity index is 1250. The van der Waals surface area contributed by atoms with Gasteiger partial charge in [0.05, 0.1) is 16.5 Å². The van der Waals surface area contributed by atoms with E-state index in [2.05, 4.69) is 29.0 Å². The normalized spacial score (nSPS) is 20.3. The van der Waals surface area contributed by atoms with Crippen LogP contribution in [0, 0.1) is 5.82 Å². The molecule has 0 saturated heterocycles. The highest BCUT2D eigenvalue weighted by Gasteiger charge is 2.32. The summed E-state index contributed by atoms with van der Waals surface area (Å²) in [5.41, 5.74) is 7.10. The summed E-state index contributed by atoms with van der Waals surface area (Å²) in [5, 5.41) is 0.126. The molecule has 1 N–H and O–H groups in total. The smallest absolute Gasteiger partial charge is 0.123 e. The lowest BCUT2D eigenvalue weighted by Crippen LogP contribution is -2.08. The van der Waals surface area contributed by atoms with E-state index in [0.29, 0.717) is 0 Å². The fourth-order valence-electron chi connectivity index (χ4n) is 4.11. The average molecular weight is 417 g/mol. The van der Waals surface area contributed by atoms with Gasteiger partial charge in [0.15, 0.2) is 0 Å². The molecule has 5 heteroatoms. The molecule has 30 heavy (non-hydrogen) atoms. The van der Waals surface area contributed by atoms with E-state index in [1.165, 1.54) is 12.1 Å². The topological polar surface area (TPSA) is 45.8 Å². The van der Waals surface area contributed by atoms with Crippen LogP contribution < -0.4 is 0 Å². The molecule has 3 atom stereocenters. The summed E-state index contributed by atoms with van der Waals surface area (Å²) >= 11 is 0. The molecule has 1 aliphatic rings. The van der Waals surface area contributed by atoms with Crippen LogP contribution in [0.1, 0.15) is 25.3 Å². The Labute approximate surface area is 177 Å². The van der Waals surface area contributed by atoms with Crippen LogP contribution in [0.25, 0.3) is 33.6 Å². The van der Waals surface area contributed by atoms with Crippen molar-refractivity contribution < 1.29 is 8.60 Å². The number of halogens is 1. The minimum absolute atomic E-state index is 0.126. The fourth-order valence-corrected chi connectivity index (χ4v) is 5.70. The number of rotatable bonds is 3. The number of nitrogens with one attached hydrogen (secondary N) is 1. The first-order valence-electron chi connectivity index (χ1n) is 9.97. The molecule has 3 heterocycles. The van der Waals surface area contributed by atoms with Crippen molar-refractivity contribution >= 4 is 10.8 Å². The van der Waals surface area contributed by atoms with E-state index in [9.17, 15) is 8.60 Å². The lowest BCUT2D eigenvalue weighted by molar-refractivity contribution is 0.628. The number of aromatic nitrogens is 2. The lowest BCUT2D eigenvalue weighted by atomic mass is 9.96. The van der Waals surface area contributed by atoms with Gasteiger partial charge < -0.3 is 4.98 Å². The molecular formula is C25H21FN2OS. The van der Waals surface area contributed by atoms with Crippen LogP contribution in [0.2, 0.25) is 0 Å². The molecule has 0 radical (unpaired) electrons. The molecule has 0 saturated carbocycles. The van der Waals surface area contributed by atoms with Crippen LogP contribution in [0.3, 0.4) is 0 Å². The molecule has 5 rings (SSSR count). The van der Waals surface area contributed by atoms with Gasteiger partial charge in [-0.2, -0.15) is 0 Å².